The summed E-state index contributed by atoms with van der Waals surface area (Å²) in [4.78, 5) is 23.0. The van der Waals surface area contributed by atoms with Crippen LogP contribution in [-0.2, 0) is 4.79 Å². The van der Waals surface area contributed by atoms with E-state index in [1.165, 1.54) is 11.7 Å². The fourth-order valence-electron chi connectivity index (χ4n) is 1.70. The van der Waals surface area contributed by atoms with Crippen LogP contribution in [-0.4, -0.2) is 39.1 Å². The van der Waals surface area contributed by atoms with Gasteiger partial charge in [-0.3, -0.25) is 10.1 Å². The van der Waals surface area contributed by atoms with Gasteiger partial charge in [-0.1, -0.05) is 35.0 Å². The molecule has 11 heteroatoms. The Morgan fingerprint density at radius 2 is 2.04 bits per heavy atom. The number of amides is 3. The first kappa shape index (κ1) is 18.4. The predicted octanol–water partition coefficient (Wildman–Crippen LogP) is 1.90. The lowest BCUT2D eigenvalue weighted by atomic mass is 10.2. The van der Waals surface area contributed by atoms with Crippen molar-refractivity contribution in [2.75, 3.05) is 12.9 Å². The highest BCUT2D eigenvalue weighted by Crippen LogP contribution is 2.31. The highest BCUT2D eigenvalue weighted by Gasteiger charge is 2.22. The lowest BCUT2D eigenvalue weighted by molar-refractivity contribution is -0.119. The van der Waals surface area contributed by atoms with Crippen LogP contribution in [0.2, 0.25) is 10.0 Å². The molecule has 0 aliphatic heterocycles. The molecule has 1 aromatic carbocycles. The summed E-state index contributed by atoms with van der Waals surface area (Å²) in [7, 11) is 1.41. The molecule has 2 rings (SSSR count). The summed E-state index contributed by atoms with van der Waals surface area (Å²) in [5.74, 6) is 5.82. The molecule has 0 aliphatic carbocycles. The Balaban J connectivity index is 2.20. The monoisotopic (exact) mass is 388 g/mol. The van der Waals surface area contributed by atoms with Crippen LogP contribution in [0.4, 0.5) is 4.79 Å². The lowest BCUT2D eigenvalue weighted by Crippen LogP contribution is -2.41. The molecular weight excluding hydrogens is 375 g/mol. The molecule has 0 unspecified atom stereocenters. The Kier molecular flexibility index (Phi) is 5.92. The van der Waals surface area contributed by atoms with Crippen LogP contribution < -0.4 is 16.5 Å². The topological polar surface area (TPSA) is 115 Å². The number of halogens is 2. The standard InChI is InChI=1S/C13H14Cl2N6O2S/c1-6(11(22)18-12(23)17-2)24-13-20-19-10(21(13)16)8-5-7(14)3-4-9(8)15/h3-6H,16H2,1-2H3,(H2,17,18,22,23)/t6-/m0/s1. The second kappa shape index (κ2) is 7.73. The average molecular weight is 389 g/mol. The molecule has 0 saturated carbocycles. The zero-order valence-electron chi connectivity index (χ0n) is 12.7. The van der Waals surface area contributed by atoms with Crippen LogP contribution >= 0.6 is 35.0 Å². The molecule has 0 aliphatic rings. The minimum absolute atomic E-state index is 0.292. The number of carbonyl (C=O) groups is 2. The summed E-state index contributed by atoms with van der Waals surface area (Å²) in [6.45, 7) is 1.61. The molecule has 0 spiro atoms. The van der Waals surface area contributed by atoms with Gasteiger partial charge in [0.2, 0.25) is 11.1 Å². The number of thioether (sulfide) groups is 1. The van der Waals surface area contributed by atoms with Crippen LogP contribution in [0.25, 0.3) is 11.4 Å². The normalized spacial score (nSPS) is 11.8. The van der Waals surface area contributed by atoms with Gasteiger partial charge in [0.15, 0.2) is 5.82 Å². The summed E-state index contributed by atoms with van der Waals surface area (Å²) < 4.78 is 1.21. The lowest BCUT2D eigenvalue weighted by Gasteiger charge is -2.10. The van der Waals surface area contributed by atoms with Gasteiger partial charge >= 0.3 is 6.03 Å². The largest absolute Gasteiger partial charge is 0.341 e. The number of nitrogen functional groups attached to an aromatic ring is 1. The van der Waals surface area contributed by atoms with Crippen LogP contribution in [0, 0.1) is 0 Å². The zero-order chi connectivity index (χ0) is 17.9. The maximum atomic E-state index is 11.9. The first-order chi connectivity index (χ1) is 11.3. The van der Waals surface area contributed by atoms with Crippen molar-refractivity contribution in [2.45, 2.75) is 17.3 Å². The van der Waals surface area contributed by atoms with Gasteiger partial charge in [0, 0.05) is 17.6 Å². The zero-order valence-corrected chi connectivity index (χ0v) is 15.0. The van der Waals surface area contributed by atoms with E-state index in [2.05, 4.69) is 20.8 Å². The van der Waals surface area contributed by atoms with E-state index in [1.54, 1.807) is 25.1 Å². The second-order valence-corrected chi connectivity index (χ2v) is 6.78. The number of nitrogens with two attached hydrogens (primary N) is 1. The van der Waals surface area contributed by atoms with Crippen molar-refractivity contribution in [3.8, 4) is 11.4 Å². The van der Waals surface area contributed by atoms with Crippen molar-refractivity contribution < 1.29 is 9.59 Å². The number of imide groups is 1. The predicted molar refractivity (Wildman–Crippen MR) is 93.5 cm³/mol. The van der Waals surface area contributed by atoms with Crippen LogP contribution in [0.5, 0.6) is 0 Å². The van der Waals surface area contributed by atoms with Crippen molar-refractivity contribution in [3.05, 3.63) is 28.2 Å². The third-order valence-electron chi connectivity index (χ3n) is 2.95. The smallest absolute Gasteiger partial charge is 0.321 e. The number of benzene rings is 1. The maximum absolute atomic E-state index is 11.9. The molecule has 0 saturated heterocycles. The van der Waals surface area contributed by atoms with Crippen molar-refractivity contribution >= 4 is 46.9 Å². The Bertz CT molecular complexity index is 782. The SMILES string of the molecule is CNC(=O)NC(=O)[C@H](C)Sc1nnc(-c2cc(Cl)ccc2Cl)n1N. The Labute approximate surface area is 152 Å². The summed E-state index contributed by atoms with van der Waals surface area (Å²) in [6.07, 6.45) is 0. The summed E-state index contributed by atoms with van der Waals surface area (Å²) in [5.41, 5.74) is 0.522. The Morgan fingerprint density at radius 3 is 2.71 bits per heavy atom. The molecule has 1 aromatic heterocycles. The van der Waals surface area contributed by atoms with Gasteiger partial charge in [0.25, 0.3) is 0 Å². The summed E-state index contributed by atoms with van der Waals surface area (Å²) in [6, 6.07) is 4.30. The summed E-state index contributed by atoms with van der Waals surface area (Å²) >= 11 is 13.1. The highest BCUT2D eigenvalue weighted by molar-refractivity contribution is 8.00. The maximum Gasteiger partial charge on any atom is 0.321 e. The average Bonchev–Trinajstić information content (AvgIpc) is 2.90. The van der Waals surface area contributed by atoms with Gasteiger partial charge in [-0.2, -0.15) is 0 Å². The van der Waals surface area contributed by atoms with Crippen molar-refractivity contribution in [1.82, 2.24) is 25.5 Å². The Morgan fingerprint density at radius 1 is 1.33 bits per heavy atom. The number of nitrogens with zero attached hydrogens (tertiary/aromatic N) is 3. The van der Waals surface area contributed by atoms with E-state index in [-0.39, 0.29) is 0 Å². The van der Waals surface area contributed by atoms with E-state index in [0.29, 0.717) is 26.6 Å². The minimum atomic E-state index is -0.614. The molecule has 8 nitrogen and oxygen atoms in total. The van der Waals surface area contributed by atoms with Crippen LogP contribution in [0.3, 0.4) is 0 Å². The van der Waals surface area contributed by atoms with E-state index in [0.717, 1.165) is 11.8 Å². The van der Waals surface area contributed by atoms with Gasteiger partial charge in [0.1, 0.15) is 0 Å². The van der Waals surface area contributed by atoms with Crippen LogP contribution in [0.15, 0.2) is 23.4 Å². The van der Waals surface area contributed by atoms with Gasteiger partial charge in [-0.15, -0.1) is 10.2 Å². The first-order valence-corrected chi connectivity index (χ1v) is 8.32. The van der Waals surface area contributed by atoms with Crippen molar-refractivity contribution in [1.29, 1.82) is 0 Å². The van der Waals surface area contributed by atoms with E-state index < -0.39 is 17.2 Å². The minimum Gasteiger partial charge on any atom is -0.341 e. The third-order valence-corrected chi connectivity index (χ3v) is 4.57. The molecular formula is C13H14Cl2N6O2S. The molecule has 1 atom stereocenters. The molecule has 3 amide bonds. The first-order valence-electron chi connectivity index (χ1n) is 6.68. The quantitative estimate of drug-likeness (QED) is 0.544. The van der Waals surface area contributed by atoms with E-state index >= 15 is 0 Å². The van der Waals surface area contributed by atoms with E-state index in [4.69, 9.17) is 29.0 Å². The van der Waals surface area contributed by atoms with Crippen LogP contribution in [0.1, 0.15) is 6.92 Å². The number of nitrogens with one attached hydrogen (secondary N) is 2. The second-order valence-electron chi connectivity index (χ2n) is 4.63. The molecule has 0 fully saturated rings. The number of carbonyl (C=O) groups excluding carboxylic acids is 2. The fraction of sp³-hybridized carbons (Fsp3) is 0.231. The molecule has 4 N–H and O–H groups in total. The third kappa shape index (κ3) is 4.11. The van der Waals surface area contributed by atoms with Gasteiger partial charge in [-0.05, 0) is 25.1 Å². The molecule has 0 bridgehead atoms. The molecule has 2 aromatic rings. The van der Waals surface area contributed by atoms with Gasteiger partial charge < -0.3 is 11.2 Å². The number of rotatable bonds is 4. The number of hydrogen-bond acceptors (Lipinski definition) is 6. The summed E-state index contributed by atoms with van der Waals surface area (Å²) in [5, 5.41) is 13.0. The number of hydrogen-bond donors (Lipinski definition) is 3. The van der Waals surface area contributed by atoms with Gasteiger partial charge in [0.05, 0.1) is 10.3 Å². The van der Waals surface area contributed by atoms with Gasteiger partial charge in [-0.25, -0.2) is 9.47 Å². The fourth-order valence-corrected chi connectivity index (χ4v) is 2.84. The molecule has 128 valence electrons. The van der Waals surface area contributed by atoms with E-state index in [9.17, 15) is 9.59 Å². The molecule has 0 radical (unpaired) electrons. The number of urea groups is 1. The highest BCUT2D eigenvalue weighted by atomic mass is 35.5. The molecule has 24 heavy (non-hydrogen) atoms. The van der Waals surface area contributed by atoms with E-state index in [1.807, 2.05) is 0 Å². The Hall–Kier alpha value is -1.97. The van der Waals surface area contributed by atoms with Crippen molar-refractivity contribution in [3.63, 3.8) is 0 Å². The molecule has 1 heterocycles. The van der Waals surface area contributed by atoms with Crippen molar-refractivity contribution in [2.24, 2.45) is 0 Å². The number of aromatic nitrogens is 3.